The van der Waals surface area contributed by atoms with Crippen LogP contribution in [0, 0.1) is 12.8 Å². The van der Waals surface area contributed by atoms with E-state index >= 15 is 0 Å². The second-order valence-corrected chi connectivity index (χ2v) is 5.61. The van der Waals surface area contributed by atoms with E-state index < -0.39 is 5.92 Å². The molecule has 1 aromatic carbocycles. The first-order chi connectivity index (χ1) is 11.0. The third-order valence-electron chi connectivity index (χ3n) is 4.13. The van der Waals surface area contributed by atoms with Crippen LogP contribution in [0.3, 0.4) is 0 Å². The third-order valence-corrected chi connectivity index (χ3v) is 4.13. The summed E-state index contributed by atoms with van der Waals surface area (Å²) in [6.45, 7) is 5.67. The smallest absolute Gasteiger partial charge is 0.346 e. The molecular weight excluding hydrogens is 294 g/mol. The standard InChI is InChI=1S/C17H19N3O3/c1-4-23-16(21)13-10(2)19-20-15(11(3)18-17(20)22)14(13)12-8-6-5-7-9-12/h5-9,13-14H,4H2,1-3H3,(H,18,22). The van der Waals surface area contributed by atoms with Crippen LogP contribution in [0.15, 0.2) is 40.2 Å². The zero-order chi connectivity index (χ0) is 16.6. The summed E-state index contributed by atoms with van der Waals surface area (Å²) >= 11 is 0. The molecule has 0 radical (unpaired) electrons. The fourth-order valence-corrected chi connectivity index (χ4v) is 3.18. The van der Waals surface area contributed by atoms with Gasteiger partial charge in [0.05, 0.1) is 18.0 Å². The molecule has 2 heterocycles. The molecule has 0 saturated carbocycles. The molecule has 2 atom stereocenters. The molecule has 2 aromatic rings. The second kappa shape index (κ2) is 5.87. The summed E-state index contributed by atoms with van der Waals surface area (Å²) in [6, 6.07) is 9.67. The van der Waals surface area contributed by atoms with E-state index in [1.807, 2.05) is 37.3 Å². The maximum absolute atomic E-state index is 12.5. The van der Waals surface area contributed by atoms with Crippen LogP contribution in [0.5, 0.6) is 0 Å². The van der Waals surface area contributed by atoms with Gasteiger partial charge in [0, 0.05) is 11.6 Å². The molecule has 0 bridgehead atoms. The van der Waals surface area contributed by atoms with Gasteiger partial charge < -0.3 is 9.72 Å². The lowest BCUT2D eigenvalue weighted by Crippen LogP contribution is -2.37. The summed E-state index contributed by atoms with van der Waals surface area (Å²) in [7, 11) is 0. The number of nitrogens with one attached hydrogen (secondary N) is 1. The zero-order valence-corrected chi connectivity index (χ0v) is 13.4. The highest BCUT2D eigenvalue weighted by Gasteiger charge is 2.40. The van der Waals surface area contributed by atoms with E-state index in [1.54, 1.807) is 13.8 Å². The number of benzene rings is 1. The van der Waals surface area contributed by atoms with Gasteiger partial charge in [-0.1, -0.05) is 30.3 Å². The van der Waals surface area contributed by atoms with Crippen molar-refractivity contribution in [2.24, 2.45) is 11.0 Å². The Morgan fingerprint density at radius 3 is 2.65 bits per heavy atom. The van der Waals surface area contributed by atoms with Crippen LogP contribution >= 0.6 is 0 Å². The maximum atomic E-state index is 12.5. The van der Waals surface area contributed by atoms with Crippen molar-refractivity contribution in [1.29, 1.82) is 0 Å². The molecule has 1 N–H and O–H groups in total. The Bertz CT molecular complexity index is 817. The largest absolute Gasteiger partial charge is 0.465 e. The fourth-order valence-electron chi connectivity index (χ4n) is 3.18. The van der Waals surface area contributed by atoms with E-state index in [-0.39, 0.29) is 17.6 Å². The molecule has 0 amide bonds. The topological polar surface area (TPSA) is 76.4 Å². The van der Waals surface area contributed by atoms with Gasteiger partial charge in [-0.3, -0.25) is 4.79 Å². The van der Waals surface area contributed by atoms with E-state index in [2.05, 4.69) is 10.1 Å². The number of aryl methyl sites for hydroxylation is 1. The van der Waals surface area contributed by atoms with Gasteiger partial charge in [-0.05, 0) is 26.3 Å². The van der Waals surface area contributed by atoms with Crippen LogP contribution in [-0.2, 0) is 9.53 Å². The molecule has 0 saturated heterocycles. The van der Waals surface area contributed by atoms with Crippen LogP contribution in [0.25, 0.3) is 0 Å². The summed E-state index contributed by atoms with van der Waals surface area (Å²) in [5, 5.41) is 4.32. The molecule has 23 heavy (non-hydrogen) atoms. The fraction of sp³-hybridized carbons (Fsp3) is 0.353. The number of carbonyl (C=O) groups excluding carboxylic acids is 1. The van der Waals surface area contributed by atoms with Crippen LogP contribution in [0.1, 0.15) is 36.7 Å². The maximum Gasteiger partial charge on any atom is 0.346 e. The lowest BCUT2D eigenvalue weighted by Gasteiger charge is -2.30. The number of imidazole rings is 1. The Labute approximate surface area is 133 Å². The Hall–Kier alpha value is -2.63. The summed E-state index contributed by atoms with van der Waals surface area (Å²) in [5.41, 5.74) is 2.67. The number of ether oxygens (including phenoxy) is 1. The molecule has 0 spiro atoms. The highest BCUT2D eigenvalue weighted by molar-refractivity contribution is 6.03. The van der Waals surface area contributed by atoms with Crippen LogP contribution in [0.2, 0.25) is 0 Å². The number of fused-ring (bicyclic) bond motifs is 1. The first kappa shape index (κ1) is 15.3. The van der Waals surface area contributed by atoms with Gasteiger partial charge in [0.2, 0.25) is 0 Å². The molecule has 1 aliphatic heterocycles. The summed E-state index contributed by atoms with van der Waals surface area (Å²) in [4.78, 5) is 27.4. The quantitative estimate of drug-likeness (QED) is 0.881. The van der Waals surface area contributed by atoms with Gasteiger partial charge in [-0.15, -0.1) is 0 Å². The van der Waals surface area contributed by atoms with E-state index in [0.29, 0.717) is 18.0 Å². The lowest BCUT2D eigenvalue weighted by molar-refractivity contribution is -0.146. The number of esters is 1. The van der Waals surface area contributed by atoms with Gasteiger partial charge in [-0.2, -0.15) is 9.78 Å². The predicted molar refractivity (Wildman–Crippen MR) is 86.7 cm³/mol. The number of hydrogen-bond donors (Lipinski definition) is 1. The minimum atomic E-state index is -0.536. The van der Waals surface area contributed by atoms with Crippen molar-refractivity contribution in [2.45, 2.75) is 26.7 Å². The van der Waals surface area contributed by atoms with Crippen molar-refractivity contribution < 1.29 is 9.53 Å². The number of aromatic nitrogens is 2. The first-order valence-corrected chi connectivity index (χ1v) is 7.63. The zero-order valence-electron chi connectivity index (χ0n) is 13.4. The van der Waals surface area contributed by atoms with Gasteiger partial charge in [0.25, 0.3) is 0 Å². The van der Waals surface area contributed by atoms with Gasteiger partial charge in [0.1, 0.15) is 5.92 Å². The molecule has 0 aliphatic carbocycles. The van der Waals surface area contributed by atoms with Crippen molar-refractivity contribution in [3.8, 4) is 0 Å². The molecule has 6 heteroatoms. The van der Waals surface area contributed by atoms with Crippen molar-refractivity contribution >= 4 is 11.7 Å². The molecule has 2 unspecified atom stereocenters. The molecular formula is C17H19N3O3. The number of hydrogen-bond acceptors (Lipinski definition) is 4. The molecule has 6 nitrogen and oxygen atoms in total. The van der Waals surface area contributed by atoms with Gasteiger partial charge in [0.15, 0.2) is 0 Å². The van der Waals surface area contributed by atoms with E-state index in [0.717, 1.165) is 11.3 Å². The number of nitrogens with zero attached hydrogens (tertiary/aromatic N) is 2. The Kier molecular flexibility index (Phi) is 3.90. The summed E-state index contributed by atoms with van der Waals surface area (Å²) < 4.78 is 6.61. The highest BCUT2D eigenvalue weighted by atomic mass is 16.5. The van der Waals surface area contributed by atoms with Crippen LogP contribution in [0.4, 0.5) is 0 Å². The average Bonchev–Trinajstić information content (AvgIpc) is 2.81. The average molecular weight is 313 g/mol. The number of aromatic amines is 1. The molecule has 1 aromatic heterocycles. The summed E-state index contributed by atoms with van der Waals surface area (Å²) in [6.07, 6.45) is 0. The number of carbonyl (C=O) groups is 1. The first-order valence-electron chi connectivity index (χ1n) is 7.63. The van der Waals surface area contributed by atoms with Gasteiger partial charge in [-0.25, -0.2) is 4.79 Å². The number of rotatable bonds is 3. The van der Waals surface area contributed by atoms with Crippen molar-refractivity contribution in [2.75, 3.05) is 6.61 Å². The highest BCUT2D eigenvalue weighted by Crippen LogP contribution is 2.37. The monoisotopic (exact) mass is 313 g/mol. The second-order valence-electron chi connectivity index (χ2n) is 5.61. The van der Waals surface area contributed by atoms with E-state index in [4.69, 9.17) is 4.74 Å². The lowest BCUT2D eigenvalue weighted by atomic mass is 9.79. The van der Waals surface area contributed by atoms with Gasteiger partial charge >= 0.3 is 11.7 Å². The number of H-pyrrole nitrogens is 1. The molecule has 120 valence electrons. The SMILES string of the molecule is CCOC(=O)C1C(C)=Nn2c(c(C)[nH]c2=O)C1c1ccccc1. The van der Waals surface area contributed by atoms with Crippen LogP contribution < -0.4 is 5.69 Å². The molecule has 0 fully saturated rings. The summed E-state index contributed by atoms with van der Waals surface area (Å²) in [5.74, 6) is -1.15. The van der Waals surface area contributed by atoms with Crippen molar-refractivity contribution in [3.05, 3.63) is 57.8 Å². The van der Waals surface area contributed by atoms with Crippen molar-refractivity contribution in [3.63, 3.8) is 0 Å². The van der Waals surface area contributed by atoms with E-state index in [9.17, 15) is 9.59 Å². The van der Waals surface area contributed by atoms with Crippen LogP contribution in [-0.4, -0.2) is 27.9 Å². The third kappa shape index (κ3) is 2.50. The van der Waals surface area contributed by atoms with Crippen molar-refractivity contribution in [1.82, 2.24) is 9.66 Å². The normalized spacial score (nSPS) is 19.9. The Morgan fingerprint density at radius 2 is 2.00 bits per heavy atom. The Morgan fingerprint density at radius 1 is 1.30 bits per heavy atom. The molecule has 1 aliphatic rings. The minimum absolute atomic E-state index is 0.292. The molecule has 3 rings (SSSR count). The Balaban J connectivity index is 2.22. The predicted octanol–water partition coefficient (Wildman–Crippen LogP) is 2.03. The van der Waals surface area contributed by atoms with E-state index in [1.165, 1.54) is 4.68 Å². The minimum Gasteiger partial charge on any atom is -0.465 e.